The zero-order chi connectivity index (χ0) is 20.9. The van der Waals surface area contributed by atoms with Crippen molar-refractivity contribution < 1.29 is 9.72 Å². The summed E-state index contributed by atoms with van der Waals surface area (Å²) < 4.78 is 1.56. The highest BCUT2D eigenvalue weighted by atomic mass is 16.6. The molecule has 8 heteroatoms. The molecule has 1 aliphatic heterocycles. The Bertz CT molecular complexity index is 1010. The van der Waals surface area contributed by atoms with E-state index in [1.54, 1.807) is 29.2 Å². The molecule has 1 aliphatic rings. The maximum absolute atomic E-state index is 12.8. The molecule has 30 heavy (non-hydrogen) atoms. The van der Waals surface area contributed by atoms with Gasteiger partial charge in [-0.3, -0.25) is 19.8 Å². The molecule has 2 aromatic carbocycles. The number of aromatic nitrogens is 2. The predicted molar refractivity (Wildman–Crippen MR) is 113 cm³/mol. The minimum Gasteiger partial charge on any atom is -0.336 e. The molecule has 0 unspecified atom stereocenters. The van der Waals surface area contributed by atoms with E-state index in [1.165, 1.54) is 17.7 Å². The minimum atomic E-state index is -0.443. The van der Waals surface area contributed by atoms with Crippen LogP contribution >= 0.6 is 0 Å². The summed E-state index contributed by atoms with van der Waals surface area (Å²) in [7, 11) is 0. The highest BCUT2D eigenvalue weighted by Crippen LogP contribution is 2.16. The first kappa shape index (κ1) is 19.8. The number of piperazine rings is 1. The molecule has 0 atom stereocenters. The molecule has 0 spiro atoms. The van der Waals surface area contributed by atoms with Crippen LogP contribution in [0.4, 0.5) is 5.69 Å². The number of non-ortho nitro benzene ring substituents is 1. The number of nitrogens with zero attached hydrogens (tertiary/aromatic N) is 5. The standard InChI is InChI=1S/C22H23N5O3/c28-22(19-16-23-26(17-19)20-6-8-21(9-7-20)27(29)30)25-14-12-24(13-15-25)11-10-18-4-2-1-3-5-18/h1-9,16-17H,10-15H2. The molecule has 4 rings (SSSR count). The first-order chi connectivity index (χ1) is 14.6. The lowest BCUT2D eigenvalue weighted by Crippen LogP contribution is -2.49. The fourth-order valence-electron chi connectivity index (χ4n) is 3.59. The number of carbonyl (C=O) groups is 1. The van der Waals surface area contributed by atoms with Gasteiger partial charge in [-0.1, -0.05) is 30.3 Å². The largest absolute Gasteiger partial charge is 0.336 e. The van der Waals surface area contributed by atoms with Gasteiger partial charge in [-0.15, -0.1) is 0 Å². The van der Waals surface area contributed by atoms with Gasteiger partial charge in [-0.2, -0.15) is 5.10 Å². The topological polar surface area (TPSA) is 84.5 Å². The molecule has 1 fully saturated rings. The first-order valence-electron chi connectivity index (χ1n) is 9.95. The van der Waals surface area contributed by atoms with Gasteiger partial charge in [0.05, 0.1) is 22.4 Å². The number of nitro benzene ring substituents is 1. The highest BCUT2D eigenvalue weighted by Gasteiger charge is 2.23. The van der Waals surface area contributed by atoms with Crippen molar-refractivity contribution in [3.8, 4) is 5.69 Å². The van der Waals surface area contributed by atoms with Crippen LogP contribution in [0.5, 0.6) is 0 Å². The van der Waals surface area contributed by atoms with E-state index in [2.05, 4.69) is 34.3 Å². The lowest BCUT2D eigenvalue weighted by atomic mass is 10.1. The Morgan fingerprint density at radius 1 is 1.00 bits per heavy atom. The van der Waals surface area contributed by atoms with Crippen LogP contribution in [0.25, 0.3) is 5.69 Å². The van der Waals surface area contributed by atoms with E-state index in [-0.39, 0.29) is 11.6 Å². The smallest absolute Gasteiger partial charge is 0.269 e. The molecule has 0 bridgehead atoms. The van der Waals surface area contributed by atoms with Crippen LogP contribution in [0, 0.1) is 10.1 Å². The Morgan fingerprint density at radius 3 is 2.37 bits per heavy atom. The minimum absolute atomic E-state index is 0.0207. The zero-order valence-corrected chi connectivity index (χ0v) is 16.6. The molecule has 154 valence electrons. The first-order valence-corrected chi connectivity index (χ1v) is 9.95. The van der Waals surface area contributed by atoms with Gasteiger partial charge in [0.15, 0.2) is 0 Å². The molecule has 0 radical (unpaired) electrons. The maximum atomic E-state index is 12.8. The van der Waals surface area contributed by atoms with Crippen LogP contribution in [0.15, 0.2) is 67.0 Å². The normalized spacial score (nSPS) is 14.6. The van der Waals surface area contributed by atoms with Crippen molar-refractivity contribution >= 4 is 11.6 Å². The average molecular weight is 405 g/mol. The van der Waals surface area contributed by atoms with Crippen LogP contribution < -0.4 is 0 Å². The third-order valence-corrected chi connectivity index (χ3v) is 5.37. The second-order valence-electron chi connectivity index (χ2n) is 7.32. The van der Waals surface area contributed by atoms with E-state index in [4.69, 9.17) is 0 Å². The fourth-order valence-corrected chi connectivity index (χ4v) is 3.59. The highest BCUT2D eigenvalue weighted by molar-refractivity contribution is 5.93. The van der Waals surface area contributed by atoms with Gasteiger partial charge < -0.3 is 4.90 Å². The number of hydrogen-bond donors (Lipinski definition) is 0. The molecule has 1 saturated heterocycles. The summed E-state index contributed by atoms with van der Waals surface area (Å²) in [6, 6.07) is 16.5. The van der Waals surface area contributed by atoms with E-state index in [1.807, 2.05) is 11.0 Å². The van der Waals surface area contributed by atoms with Crippen molar-refractivity contribution in [3.05, 3.63) is 88.2 Å². The van der Waals surface area contributed by atoms with Crippen molar-refractivity contribution in [1.82, 2.24) is 19.6 Å². The van der Waals surface area contributed by atoms with Crippen LogP contribution in [0.1, 0.15) is 15.9 Å². The monoisotopic (exact) mass is 405 g/mol. The molecule has 8 nitrogen and oxygen atoms in total. The fraction of sp³-hybridized carbons (Fsp3) is 0.273. The molecule has 0 saturated carbocycles. The molecule has 0 aliphatic carbocycles. The number of nitro groups is 1. The number of amides is 1. The summed E-state index contributed by atoms with van der Waals surface area (Å²) >= 11 is 0. The van der Waals surface area contributed by atoms with E-state index in [9.17, 15) is 14.9 Å². The lowest BCUT2D eigenvalue weighted by Gasteiger charge is -2.34. The SMILES string of the molecule is O=C(c1cnn(-c2ccc([N+](=O)[O-])cc2)c1)N1CCN(CCc2ccccc2)CC1. The van der Waals surface area contributed by atoms with E-state index in [0.29, 0.717) is 24.3 Å². The van der Waals surface area contributed by atoms with Crippen molar-refractivity contribution in [2.45, 2.75) is 6.42 Å². The summed E-state index contributed by atoms with van der Waals surface area (Å²) in [6.45, 7) is 4.08. The van der Waals surface area contributed by atoms with E-state index < -0.39 is 4.92 Å². The number of benzene rings is 2. The second-order valence-corrected chi connectivity index (χ2v) is 7.32. The summed E-state index contributed by atoms with van der Waals surface area (Å²) in [6.07, 6.45) is 4.23. The van der Waals surface area contributed by atoms with Crippen molar-refractivity contribution in [2.75, 3.05) is 32.7 Å². The Labute approximate surface area is 174 Å². The Balaban J connectivity index is 1.32. The summed E-state index contributed by atoms with van der Waals surface area (Å²) in [5.74, 6) is -0.0362. The molecule has 1 aromatic heterocycles. The Morgan fingerprint density at radius 2 is 1.70 bits per heavy atom. The van der Waals surface area contributed by atoms with Gasteiger partial charge in [0.1, 0.15) is 0 Å². The van der Waals surface area contributed by atoms with Gasteiger partial charge in [-0.05, 0) is 24.1 Å². The predicted octanol–water partition coefficient (Wildman–Crippen LogP) is 2.78. The van der Waals surface area contributed by atoms with Crippen LogP contribution in [0.3, 0.4) is 0 Å². The Hall–Kier alpha value is -3.52. The molecule has 0 N–H and O–H groups in total. The van der Waals surface area contributed by atoms with Gasteiger partial charge in [0, 0.05) is 51.1 Å². The third kappa shape index (κ3) is 4.55. The average Bonchev–Trinajstić information content (AvgIpc) is 3.29. The van der Waals surface area contributed by atoms with Crippen LogP contribution in [0.2, 0.25) is 0 Å². The van der Waals surface area contributed by atoms with E-state index >= 15 is 0 Å². The lowest BCUT2D eigenvalue weighted by molar-refractivity contribution is -0.384. The van der Waals surface area contributed by atoms with Gasteiger partial charge >= 0.3 is 0 Å². The summed E-state index contributed by atoms with van der Waals surface area (Å²) in [5, 5.41) is 15.0. The van der Waals surface area contributed by atoms with Crippen LogP contribution in [-0.4, -0.2) is 63.1 Å². The molecular formula is C22H23N5O3. The van der Waals surface area contributed by atoms with Gasteiger partial charge in [0.25, 0.3) is 11.6 Å². The molecule has 2 heterocycles. The van der Waals surface area contributed by atoms with Crippen LogP contribution in [-0.2, 0) is 6.42 Å². The molecular weight excluding hydrogens is 382 g/mol. The Kier molecular flexibility index (Phi) is 5.85. The zero-order valence-electron chi connectivity index (χ0n) is 16.6. The second kappa shape index (κ2) is 8.87. The third-order valence-electron chi connectivity index (χ3n) is 5.37. The van der Waals surface area contributed by atoms with E-state index in [0.717, 1.165) is 26.1 Å². The van der Waals surface area contributed by atoms with Crippen molar-refractivity contribution in [3.63, 3.8) is 0 Å². The molecule has 1 amide bonds. The number of rotatable bonds is 6. The summed E-state index contributed by atoms with van der Waals surface area (Å²) in [4.78, 5) is 27.4. The quantitative estimate of drug-likeness (QED) is 0.465. The molecule has 3 aromatic rings. The number of carbonyl (C=O) groups excluding carboxylic acids is 1. The van der Waals surface area contributed by atoms with Gasteiger partial charge in [0.2, 0.25) is 0 Å². The maximum Gasteiger partial charge on any atom is 0.269 e. The van der Waals surface area contributed by atoms with Gasteiger partial charge in [-0.25, -0.2) is 4.68 Å². The summed E-state index contributed by atoms with van der Waals surface area (Å²) in [5.41, 5.74) is 2.54. The number of hydrogen-bond acceptors (Lipinski definition) is 5. The van der Waals surface area contributed by atoms with Crippen molar-refractivity contribution in [1.29, 1.82) is 0 Å². The van der Waals surface area contributed by atoms with Crippen molar-refractivity contribution in [2.24, 2.45) is 0 Å².